The molecule has 0 bridgehead atoms. The molecule has 2 fully saturated rings. The fourth-order valence-electron chi connectivity index (χ4n) is 3.88. The monoisotopic (exact) mass is 301 g/mol. The first-order chi connectivity index (χ1) is 10.4. The Balaban J connectivity index is 1.72. The molecule has 22 heavy (non-hydrogen) atoms. The Kier molecular flexibility index (Phi) is 4.02. The van der Waals surface area contributed by atoms with Gasteiger partial charge in [0.1, 0.15) is 6.10 Å². The molecule has 1 aromatic carbocycles. The Labute approximate surface area is 133 Å². The Bertz CT molecular complexity index is 558. The molecule has 3 nitrogen and oxygen atoms in total. The number of carbonyl (C=O) groups excluding carboxylic acids is 1. The van der Waals surface area contributed by atoms with Crippen molar-refractivity contribution in [2.75, 3.05) is 13.2 Å². The topological polar surface area (TPSA) is 29.5 Å². The Hall–Kier alpha value is -1.35. The quantitative estimate of drug-likeness (QED) is 0.833. The molecule has 1 aromatic rings. The van der Waals surface area contributed by atoms with E-state index in [0.29, 0.717) is 24.5 Å². The molecule has 120 valence electrons. The zero-order valence-corrected chi connectivity index (χ0v) is 14.1. The highest BCUT2D eigenvalue weighted by Gasteiger charge is 2.44. The number of nitrogens with zero attached hydrogens (tertiary/aromatic N) is 1. The van der Waals surface area contributed by atoms with Crippen molar-refractivity contribution in [1.29, 1.82) is 0 Å². The van der Waals surface area contributed by atoms with Gasteiger partial charge < -0.3 is 9.64 Å². The van der Waals surface area contributed by atoms with Crippen LogP contribution in [0.3, 0.4) is 0 Å². The summed E-state index contributed by atoms with van der Waals surface area (Å²) in [5, 5.41) is 0. The van der Waals surface area contributed by atoms with Crippen LogP contribution in [-0.4, -0.2) is 30.0 Å². The van der Waals surface area contributed by atoms with Gasteiger partial charge in [-0.1, -0.05) is 38.1 Å². The number of amides is 1. The van der Waals surface area contributed by atoms with Crippen molar-refractivity contribution in [3.63, 3.8) is 0 Å². The summed E-state index contributed by atoms with van der Waals surface area (Å²) in [7, 11) is 0. The van der Waals surface area contributed by atoms with Gasteiger partial charge in [-0.25, -0.2) is 0 Å². The average Bonchev–Trinajstić information content (AvgIpc) is 2.45. The van der Waals surface area contributed by atoms with Crippen LogP contribution in [0.5, 0.6) is 0 Å². The predicted octanol–water partition coefficient (Wildman–Crippen LogP) is 3.72. The van der Waals surface area contributed by atoms with Crippen LogP contribution in [-0.2, 0) is 9.53 Å². The number of rotatable bonds is 2. The van der Waals surface area contributed by atoms with Crippen molar-refractivity contribution in [2.24, 2.45) is 11.3 Å². The van der Waals surface area contributed by atoms with Crippen LogP contribution >= 0.6 is 0 Å². The molecule has 1 aliphatic heterocycles. The van der Waals surface area contributed by atoms with Crippen molar-refractivity contribution in [1.82, 2.24) is 4.90 Å². The first kappa shape index (κ1) is 15.5. The number of hydrogen-bond donors (Lipinski definition) is 0. The summed E-state index contributed by atoms with van der Waals surface area (Å²) in [4.78, 5) is 14.9. The third kappa shape index (κ3) is 2.91. The van der Waals surface area contributed by atoms with Gasteiger partial charge in [0.2, 0.25) is 5.91 Å². The first-order valence-electron chi connectivity index (χ1n) is 8.35. The maximum Gasteiger partial charge on any atom is 0.226 e. The third-order valence-electron chi connectivity index (χ3n) is 5.20. The van der Waals surface area contributed by atoms with E-state index >= 15 is 0 Å². The summed E-state index contributed by atoms with van der Waals surface area (Å²) in [5.41, 5.74) is 2.78. The van der Waals surface area contributed by atoms with Gasteiger partial charge in [-0.3, -0.25) is 4.79 Å². The average molecular weight is 301 g/mol. The summed E-state index contributed by atoms with van der Waals surface area (Å²) in [6.07, 6.45) is 2.05. The standard InChI is InChI=1S/C19H27NO2/c1-13-7-5-6-8-16(13)17-11-20(14(2)12-22-17)18(21)15-9-19(3,4)10-15/h5-8,14-15,17H,9-12H2,1-4H3. The van der Waals surface area contributed by atoms with Crippen molar-refractivity contribution in [3.8, 4) is 0 Å². The Morgan fingerprint density at radius 2 is 1.95 bits per heavy atom. The molecule has 2 unspecified atom stereocenters. The molecular weight excluding hydrogens is 274 g/mol. The molecule has 1 heterocycles. The predicted molar refractivity (Wildman–Crippen MR) is 87.6 cm³/mol. The van der Waals surface area contributed by atoms with Crippen molar-refractivity contribution in [2.45, 2.75) is 52.7 Å². The fraction of sp³-hybridized carbons (Fsp3) is 0.632. The molecule has 3 rings (SSSR count). The minimum atomic E-state index is 0.00874. The number of aryl methyl sites for hydroxylation is 1. The summed E-state index contributed by atoms with van der Waals surface area (Å²) >= 11 is 0. The molecule has 0 spiro atoms. The largest absolute Gasteiger partial charge is 0.370 e. The van der Waals surface area contributed by atoms with Gasteiger partial charge in [-0.15, -0.1) is 0 Å². The van der Waals surface area contributed by atoms with E-state index in [4.69, 9.17) is 4.74 Å². The molecule has 3 heteroatoms. The molecular formula is C19H27NO2. The summed E-state index contributed by atoms with van der Waals surface area (Å²) in [6, 6.07) is 8.49. The second-order valence-electron chi connectivity index (χ2n) is 7.79. The van der Waals surface area contributed by atoms with E-state index < -0.39 is 0 Å². The normalized spacial score (nSPS) is 28.3. The summed E-state index contributed by atoms with van der Waals surface area (Å²) in [5.74, 6) is 0.543. The molecule has 1 amide bonds. The molecule has 0 radical (unpaired) electrons. The number of morpholine rings is 1. The minimum Gasteiger partial charge on any atom is -0.370 e. The van der Waals surface area contributed by atoms with Crippen LogP contribution in [0, 0.1) is 18.3 Å². The van der Waals surface area contributed by atoms with Gasteiger partial charge in [-0.2, -0.15) is 0 Å². The zero-order chi connectivity index (χ0) is 15.9. The minimum absolute atomic E-state index is 0.00874. The molecule has 1 aliphatic carbocycles. The van der Waals surface area contributed by atoms with Gasteiger partial charge in [0.15, 0.2) is 0 Å². The van der Waals surface area contributed by atoms with Gasteiger partial charge in [0, 0.05) is 5.92 Å². The Morgan fingerprint density at radius 3 is 2.59 bits per heavy atom. The SMILES string of the molecule is Cc1ccccc1C1CN(C(=O)C2CC(C)(C)C2)C(C)CO1. The maximum atomic E-state index is 12.8. The molecule has 2 aliphatic rings. The number of carbonyl (C=O) groups is 1. The van der Waals surface area contributed by atoms with Crippen LogP contribution in [0.2, 0.25) is 0 Å². The van der Waals surface area contributed by atoms with Gasteiger partial charge >= 0.3 is 0 Å². The lowest BCUT2D eigenvalue weighted by Gasteiger charge is -2.46. The van der Waals surface area contributed by atoms with Crippen LogP contribution < -0.4 is 0 Å². The van der Waals surface area contributed by atoms with E-state index in [9.17, 15) is 4.79 Å². The smallest absolute Gasteiger partial charge is 0.226 e. The second kappa shape index (κ2) is 5.69. The van der Waals surface area contributed by atoms with E-state index in [1.54, 1.807) is 0 Å². The Morgan fingerprint density at radius 1 is 1.27 bits per heavy atom. The third-order valence-corrected chi connectivity index (χ3v) is 5.20. The lowest BCUT2D eigenvalue weighted by molar-refractivity contribution is -0.155. The first-order valence-corrected chi connectivity index (χ1v) is 8.35. The van der Waals surface area contributed by atoms with E-state index in [1.807, 2.05) is 12.1 Å². The molecule has 0 aromatic heterocycles. The second-order valence-corrected chi connectivity index (χ2v) is 7.79. The summed E-state index contributed by atoms with van der Waals surface area (Å²) < 4.78 is 6.02. The molecule has 2 atom stereocenters. The number of ether oxygens (including phenoxy) is 1. The lowest BCUT2D eigenvalue weighted by Crippen LogP contribution is -2.53. The lowest BCUT2D eigenvalue weighted by atomic mass is 9.64. The van der Waals surface area contributed by atoms with Crippen molar-refractivity contribution < 1.29 is 9.53 Å². The van der Waals surface area contributed by atoms with Crippen LogP contribution in [0.1, 0.15) is 50.8 Å². The molecule has 1 saturated heterocycles. The number of benzene rings is 1. The highest BCUT2D eigenvalue weighted by Crippen LogP contribution is 2.46. The zero-order valence-electron chi connectivity index (χ0n) is 14.1. The van der Waals surface area contributed by atoms with Crippen LogP contribution in [0.15, 0.2) is 24.3 Å². The molecule has 0 N–H and O–H groups in total. The van der Waals surface area contributed by atoms with E-state index in [2.05, 4.69) is 44.7 Å². The van der Waals surface area contributed by atoms with Gasteiger partial charge in [-0.05, 0) is 43.2 Å². The van der Waals surface area contributed by atoms with Crippen molar-refractivity contribution >= 4 is 5.91 Å². The van der Waals surface area contributed by atoms with E-state index in [-0.39, 0.29) is 18.1 Å². The fourth-order valence-corrected chi connectivity index (χ4v) is 3.88. The van der Waals surface area contributed by atoms with Crippen LogP contribution in [0.4, 0.5) is 0 Å². The number of hydrogen-bond acceptors (Lipinski definition) is 2. The van der Waals surface area contributed by atoms with Gasteiger partial charge in [0.05, 0.1) is 19.2 Å². The van der Waals surface area contributed by atoms with E-state index in [0.717, 1.165) is 12.8 Å². The van der Waals surface area contributed by atoms with Crippen LogP contribution in [0.25, 0.3) is 0 Å². The van der Waals surface area contributed by atoms with Gasteiger partial charge in [0.25, 0.3) is 0 Å². The van der Waals surface area contributed by atoms with E-state index in [1.165, 1.54) is 11.1 Å². The van der Waals surface area contributed by atoms with Crippen molar-refractivity contribution in [3.05, 3.63) is 35.4 Å². The highest BCUT2D eigenvalue weighted by atomic mass is 16.5. The maximum absolute atomic E-state index is 12.8. The summed E-state index contributed by atoms with van der Waals surface area (Å²) in [6.45, 7) is 10.0. The molecule has 1 saturated carbocycles. The highest BCUT2D eigenvalue weighted by molar-refractivity contribution is 5.80.